The molecule has 7 nitrogen and oxygen atoms in total. The van der Waals surface area contributed by atoms with Gasteiger partial charge in [-0.2, -0.15) is 5.10 Å². The predicted octanol–water partition coefficient (Wildman–Crippen LogP) is 2.76. The molecule has 0 bridgehead atoms. The van der Waals surface area contributed by atoms with E-state index in [2.05, 4.69) is 26.5 Å². The Balaban J connectivity index is 2.00. The van der Waals surface area contributed by atoms with E-state index in [4.69, 9.17) is 4.74 Å². The fourth-order valence-electron chi connectivity index (χ4n) is 2.17. The molecule has 0 aliphatic carbocycles. The Bertz CT molecular complexity index is 897. The van der Waals surface area contributed by atoms with Crippen molar-refractivity contribution in [2.45, 2.75) is 6.92 Å². The third-order valence-electron chi connectivity index (χ3n) is 3.40. The van der Waals surface area contributed by atoms with Crippen LogP contribution in [0.4, 0.5) is 5.69 Å². The molecule has 0 aliphatic rings. The van der Waals surface area contributed by atoms with Crippen LogP contribution in [0.5, 0.6) is 5.75 Å². The van der Waals surface area contributed by atoms with Gasteiger partial charge >= 0.3 is 0 Å². The number of carbonyl (C=O) groups excluding carboxylic acids is 1. The molecule has 0 saturated heterocycles. The fraction of sp³-hybridized carbons (Fsp3) is 0.222. The van der Waals surface area contributed by atoms with Gasteiger partial charge in [-0.15, -0.1) is 0 Å². The number of anilines is 1. The van der Waals surface area contributed by atoms with Crippen molar-refractivity contribution < 1.29 is 17.9 Å². The largest absolute Gasteiger partial charge is 0.494 e. The van der Waals surface area contributed by atoms with Crippen molar-refractivity contribution in [3.8, 4) is 5.75 Å². The van der Waals surface area contributed by atoms with E-state index in [9.17, 15) is 13.2 Å². The SMILES string of the molecule is CCOc1ccc(/C=N\NC(=O)CN(c2ccc(Br)cc2)S(C)(=O)=O)cc1. The Morgan fingerprint density at radius 1 is 1.19 bits per heavy atom. The molecule has 0 aliphatic heterocycles. The average molecular weight is 454 g/mol. The summed E-state index contributed by atoms with van der Waals surface area (Å²) in [6.45, 7) is 2.11. The maximum Gasteiger partial charge on any atom is 0.260 e. The first-order valence-corrected chi connectivity index (χ1v) is 10.7. The van der Waals surface area contributed by atoms with E-state index in [1.807, 2.05) is 6.92 Å². The van der Waals surface area contributed by atoms with E-state index in [-0.39, 0.29) is 6.54 Å². The van der Waals surface area contributed by atoms with E-state index < -0.39 is 15.9 Å². The standard InChI is InChI=1S/C18H20BrN3O4S/c1-3-26-17-10-4-14(5-11-17)12-20-21-18(23)13-22(27(2,24)25)16-8-6-15(19)7-9-16/h4-12H,3,13H2,1-2H3,(H,21,23)/b20-12-. The van der Waals surface area contributed by atoms with Crippen LogP contribution < -0.4 is 14.5 Å². The Kier molecular flexibility index (Phi) is 7.37. The van der Waals surface area contributed by atoms with Gasteiger partial charge in [-0.05, 0) is 61.0 Å². The smallest absolute Gasteiger partial charge is 0.260 e. The van der Waals surface area contributed by atoms with Gasteiger partial charge < -0.3 is 4.74 Å². The van der Waals surface area contributed by atoms with Crippen molar-refractivity contribution in [1.29, 1.82) is 0 Å². The molecule has 2 rings (SSSR count). The second kappa shape index (κ2) is 9.52. The van der Waals surface area contributed by atoms with Crippen LogP contribution in [-0.4, -0.2) is 39.9 Å². The molecular weight excluding hydrogens is 434 g/mol. The van der Waals surface area contributed by atoms with Crippen LogP contribution in [0.3, 0.4) is 0 Å². The van der Waals surface area contributed by atoms with Crippen LogP contribution in [0.1, 0.15) is 12.5 Å². The minimum absolute atomic E-state index is 0.374. The highest BCUT2D eigenvalue weighted by Gasteiger charge is 2.20. The third kappa shape index (κ3) is 6.69. The lowest BCUT2D eigenvalue weighted by molar-refractivity contribution is -0.119. The van der Waals surface area contributed by atoms with Crippen LogP contribution >= 0.6 is 15.9 Å². The van der Waals surface area contributed by atoms with Gasteiger partial charge in [0, 0.05) is 4.47 Å². The topological polar surface area (TPSA) is 88.1 Å². The number of benzene rings is 2. The molecule has 2 aromatic rings. The number of hydrogen-bond acceptors (Lipinski definition) is 5. The number of halogens is 1. The summed E-state index contributed by atoms with van der Waals surface area (Å²) in [6, 6.07) is 13.8. The molecule has 2 aromatic carbocycles. The normalized spacial score (nSPS) is 11.4. The van der Waals surface area contributed by atoms with Crippen LogP contribution in [0.25, 0.3) is 0 Å². The monoisotopic (exact) mass is 453 g/mol. The van der Waals surface area contributed by atoms with E-state index >= 15 is 0 Å². The zero-order valence-electron chi connectivity index (χ0n) is 14.9. The van der Waals surface area contributed by atoms with Crippen molar-refractivity contribution in [3.63, 3.8) is 0 Å². The number of carbonyl (C=O) groups is 1. The first-order chi connectivity index (χ1) is 12.8. The van der Waals surface area contributed by atoms with Gasteiger partial charge in [0.2, 0.25) is 10.0 Å². The predicted molar refractivity (Wildman–Crippen MR) is 110 cm³/mol. The van der Waals surface area contributed by atoms with Crippen LogP contribution in [0.15, 0.2) is 58.1 Å². The van der Waals surface area contributed by atoms with Crippen molar-refractivity contribution in [1.82, 2.24) is 5.43 Å². The lowest BCUT2D eigenvalue weighted by Gasteiger charge is -2.21. The Labute approximate surface area is 167 Å². The Morgan fingerprint density at radius 2 is 1.81 bits per heavy atom. The van der Waals surface area contributed by atoms with E-state index in [1.54, 1.807) is 48.5 Å². The van der Waals surface area contributed by atoms with Gasteiger partial charge in [0.05, 0.1) is 24.8 Å². The zero-order valence-corrected chi connectivity index (χ0v) is 17.3. The fourth-order valence-corrected chi connectivity index (χ4v) is 3.29. The van der Waals surface area contributed by atoms with Gasteiger partial charge in [-0.3, -0.25) is 9.10 Å². The summed E-state index contributed by atoms with van der Waals surface area (Å²) in [5, 5.41) is 3.87. The molecule has 144 valence electrons. The summed E-state index contributed by atoms with van der Waals surface area (Å²) in [7, 11) is -3.62. The lowest BCUT2D eigenvalue weighted by Crippen LogP contribution is -2.38. The van der Waals surface area contributed by atoms with Gasteiger partial charge in [0.25, 0.3) is 5.91 Å². The van der Waals surface area contributed by atoms with Crippen molar-refractivity contribution >= 4 is 43.8 Å². The molecular formula is C18H20BrN3O4S. The summed E-state index contributed by atoms with van der Waals surface area (Å²) in [5.74, 6) is 0.197. The quantitative estimate of drug-likeness (QED) is 0.491. The molecule has 9 heteroatoms. The van der Waals surface area contributed by atoms with Crippen molar-refractivity contribution in [2.75, 3.05) is 23.7 Å². The van der Waals surface area contributed by atoms with Gasteiger partial charge in [-0.1, -0.05) is 15.9 Å². The van der Waals surface area contributed by atoms with E-state index in [0.717, 1.165) is 26.3 Å². The van der Waals surface area contributed by atoms with Gasteiger partial charge in [0.15, 0.2) is 0 Å². The molecule has 1 amide bonds. The number of hydrogen-bond donors (Lipinski definition) is 1. The van der Waals surface area contributed by atoms with E-state index in [1.165, 1.54) is 6.21 Å². The molecule has 0 radical (unpaired) electrons. The Morgan fingerprint density at radius 3 is 2.37 bits per heavy atom. The summed E-state index contributed by atoms with van der Waals surface area (Å²) in [6.07, 6.45) is 2.52. The van der Waals surface area contributed by atoms with Crippen LogP contribution in [-0.2, 0) is 14.8 Å². The minimum Gasteiger partial charge on any atom is -0.494 e. The van der Waals surface area contributed by atoms with Crippen molar-refractivity contribution in [2.24, 2.45) is 5.10 Å². The maximum absolute atomic E-state index is 12.1. The number of nitrogens with one attached hydrogen (secondary N) is 1. The molecule has 0 heterocycles. The van der Waals surface area contributed by atoms with E-state index in [0.29, 0.717) is 12.3 Å². The summed E-state index contributed by atoms with van der Waals surface area (Å²) < 4.78 is 31.2. The second-order valence-corrected chi connectivity index (χ2v) is 8.36. The molecule has 1 N–H and O–H groups in total. The number of amides is 1. The summed E-state index contributed by atoms with van der Waals surface area (Å²) in [4.78, 5) is 12.1. The van der Waals surface area contributed by atoms with Gasteiger partial charge in [0.1, 0.15) is 12.3 Å². The van der Waals surface area contributed by atoms with Crippen LogP contribution in [0.2, 0.25) is 0 Å². The highest BCUT2D eigenvalue weighted by Crippen LogP contribution is 2.20. The molecule has 0 aromatic heterocycles. The molecule has 0 fully saturated rings. The number of rotatable bonds is 8. The number of sulfonamides is 1. The molecule has 0 unspecified atom stereocenters. The molecule has 0 spiro atoms. The lowest BCUT2D eigenvalue weighted by atomic mass is 10.2. The summed E-state index contributed by atoms with van der Waals surface area (Å²) in [5.41, 5.74) is 3.50. The molecule has 0 saturated carbocycles. The maximum atomic E-state index is 12.1. The molecule has 0 atom stereocenters. The first-order valence-electron chi connectivity index (χ1n) is 8.07. The average Bonchev–Trinajstić information content (AvgIpc) is 2.61. The Hall–Kier alpha value is -2.39. The molecule has 27 heavy (non-hydrogen) atoms. The number of hydrazone groups is 1. The zero-order chi connectivity index (χ0) is 19.9. The van der Waals surface area contributed by atoms with Crippen LogP contribution in [0, 0.1) is 0 Å². The highest BCUT2D eigenvalue weighted by atomic mass is 79.9. The van der Waals surface area contributed by atoms with Gasteiger partial charge in [-0.25, -0.2) is 13.8 Å². The summed E-state index contributed by atoms with van der Waals surface area (Å²) >= 11 is 3.29. The first kappa shape index (κ1) is 20.9. The minimum atomic E-state index is -3.62. The number of nitrogens with zero attached hydrogens (tertiary/aromatic N) is 2. The number of ether oxygens (including phenoxy) is 1. The second-order valence-electron chi connectivity index (χ2n) is 5.54. The van der Waals surface area contributed by atoms with Crippen molar-refractivity contribution in [3.05, 3.63) is 58.6 Å². The third-order valence-corrected chi connectivity index (χ3v) is 5.07. The highest BCUT2D eigenvalue weighted by molar-refractivity contribution is 9.10.